The van der Waals surface area contributed by atoms with Gasteiger partial charge in [-0.25, -0.2) is 8.42 Å². The first-order valence-corrected chi connectivity index (χ1v) is 7.83. The highest BCUT2D eigenvalue weighted by atomic mass is 32.2. The van der Waals surface area contributed by atoms with Gasteiger partial charge in [0.05, 0.1) is 11.5 Å². The molecule has 2 rings (SSSR count). The van der Waals surface area contributed by atoms with Gasteiger partial charge in [0.1, 0.15) is 5.69 Å². The molecule has 0 radical (unpaired) electrons. The molecule has 1 aliphatic heterocycles. The number of nitrogens with zero attached hydrogens (tertiary/aromatic N) is 2. The summed E-state index contributed by atoms with van der Waals surface area (Å²) in [5.74, 6) is 0.132. The number of sulfone groups is 1. The summed E-state index contributed by atoms with van der Waals surface area (Å²) in [6, 6.07) is 1.39. The van der Waals surface area contributed by atoms with E-state index in [-0.39, 0.29) is 29.8 Å². The van der Waals surface area contributed by atoms with Gasteiger partial charge in [-0.2, -0.15) is 5.10 Å². The van der Waals surface area contributed by atoms with Crippen LogP contribution < -0.4 is 5.32 Å². The summed E-state index contributed by atoms with van der Waals surface area (Å²) in [5.41, 5.74) is 0.544. The number of ketones is 1. The van der Waals surface area contributed by atoms with Crippen molar-refractivity contribution in [1.29, 1.82) is 0 Å². The van der Waals surface area contributed by atoms with Crippen LogP contribution in [0.25, 0.3) is 0 Å². The molecule has 1 fully saturated rings. The molecular weight excluding hydrogens is 254 g/mol. The summed E-state index contributed by atoms with van der Waals surface area (Å²) in [7, 11) is -3.00. The summed E-state index contributed by atoms with van der Waals surface area (Å²) in [6.07, 6.45) is 1.78. The molecule has 0 aromatic carbocycles. The minimum absolute atomic E-state index is 0.0407. The molecule has 2 heterocycles. The second-order valence-electron chi connectivity index (χ2n) is 4.42. The first kappa shape index (κ1) is 13.2. The van der Waals surface area contributed by atoms with Crippen LogP contribution in [-0.4, -0.2) is 48.1 Å². The number of carbonyl (C=O) groups excluding carboxylic acids is 1. The van der Waals surface area contributed by atoms with Crippen molar-refractivity contribution < 1.29 is 13.2 Å². The van der Waals surface area contributed by atoms with Gasteiger partial charge in [-0.1, -0.05) is 0 Å². The van der Waals surface area contributed by atoms with E-state index in [0.717, 1.165) is 0 Å². The zero-order chi connectivity index (χ0) is 13.2. The van der Waals surface area contributed by atoms with E-state index in [2.05, 4.69) is 10.4 Å². The molecule has 100 valence electrons. The topological polar surface area (TPSA) is 81.1 Å². The summed E-state index contributed by atoms with van der Waals surface area (Å²) < 4.78 is 24.6. The van der Waals surface area contributed by atoms with Gasteiger partial charge in [0, 0.05) is 31.7 Å². The van der Waals surface area contributed by atoms with E-state index in [4.69, 9.17) is 0 Å². The van der Waals surface area contributed by atoms with E-state index in [1.165, 1.54) is 0 Å². The third-order valence-corrected chi connectivity index (χ3v) is 4.77. The second-order valence-corrected chi connectivity index (χ2v) is 6.65. The van der Waals surface area contributed by atoms with Gasteiger partial charge in [-0.15, -0.1) is 0 Å². The van der Waals surface area contributed by atoms with Crippen molar-refractivity contribution in [3.05, 3.63) is 18.0 Å². The quantitative estimate of drug-likeness (QED) is 0.771. The SMILES string of the molecule is CCn1nccc1C(=O)CC1CS(=O)(=O)CCN1. The molecule has 1 aromatic heterocycles. The van der Waals surface area contributed by atoms with Gasteiger partial charge < -0.3 is 5.32 Å². The van der Waals surface area contributed by atoms with Crippen LogP contribution in [0, 0.1) is 0 Å². The van der Waals surface area contributed by atoms with E-state index >= 15 is 0 Å². The Hall–Kier alpha value is -1.21. The van der Waals surface area contributed by atoms with Gasteiger partial charge in [0.25, 0.3) is 0 Å². The summed E-state index contributed by atoms with van der Waals surface area (Å²) >= 11 is 0. The lowest BCUT2D eigenvalue weighted by atomic mass is 10.1. The van der Waals surface area contributed by atoms with Gasteiger partial charge in [0.2, 0.25) is 0 Å². The number of hydrogen-bond acceptors (Lipinski definition) is 5. The molecule has 0 spiro atoms. The number of aromatic nitrogens is 2. The fourth-order valence-electron chi connectivity index (χ4n) is 2.15. The normalized spacial score (nSPS) is 22.8. The molecular formula is C11H17N3O3S. The Morgan fingerprint density at radius 1 is 1.61 bits per heavy atom. The molecule has 1 atom stereocenters. The Morgan fingerprint density at radius 3 is 3.06 bits per heavy atom. The van der Waals surface area contributed by atoms with E-state index in [1.54, 1.807) is 16.9 Å². The third kappa shape index (κ3) is 2.97. The lowest BCUT2D eigenvalue weighted by Gasteiger charge is -2.22. The Kier molecular flexibility index (Phi) is 3.82. The minimum atomic E-state index is -3.00. The van der Waals surface area contributed by atoms with Crippen molar-refractivity contribution in [2.24, 2.45) is 0 Å². The number of rotatable bonds is 4. The molecule has 0 saturated carbocycles. The van der Waals surface area contributed by atoms with Crippen molar-refractivity contribution in [2.45, 2.75) is 25.9 Å². The van der Waals surface area contributed by atoms with Crippen molar-refractivity contribution in [3.63, 3.8) is 0 Å². The summed E-state index contributed by atoms with van der Waals surface area (Å²) in [4.78, 5) is 12.1. The smallest absolute Gasteiger partial charge is 0.182 e. The molecule has 0 bridgehead atoms. The van der Waals surface area contributed by atoms with Gasteiger partial charge >= 0.3 is 0 Å². The molecule has 0 aliphatic carbocycles. The van der Waals surface area contributed by atoms with E-state index < -0.39 is 9.84 Å². The van der Waals surface area contributed by atoms with Crippen molar-refractivity contribution in [3.8, 4) is 0 Å². The molecule has 6 nitrogen and oxygen atoms in total. The molecule has 1 aliphatic rings. The average Bonchev–Trinajstić information content (AvgIpc) is 2.75. The maximum Gasteiger partial charge on any atom is 0.182 e. The third-order valence-electron chi connectivity index (χ3n) is 3.03. The fraction of sp³-hybridized carbons (Fsp3) is 0.636. The van der Waals surface area contributed by atoms with Crippen molar-refractivity contribution in [2.75, 3.05) is 18.1 Å². The largest absolute Gasteiger partial charge is 0.312 e. The Labute approximate surface area is 106 Å². The number of hydrogen-bond donors (Lipinski definition) is 1. The molecule has 7 heteroatoms. The molecule has 0 amide bonds. The summed E-state index contributed by atoms with van der Waals surface area (Å²) in [6.45, 7) is 2.96. The summed E-state index contributed by atoms with van der Waals surface area (Å²) in [5, 5.41) is 7.11. The van der Waals surface area contributed by atoms with Crippen molar-refractivity contribution >= 4 is 15.6 Å². The van der Waals surface area contributed by atoms with Crippen LogP contribution in [0.5, 0.6) is 0 Å². The van der Waals surface area contributed by atoms with Crippen molar-refractivity contribution in [1.82, 2.24) is 15.1 Å². The highest BCUT2D eigenvalue weighted by molar-refractivity contribution is 7.91. The maximum absolute atomic E-state index is 12.1. The highest BCUT2D eigenvalue weighted by Crippen LogP contribution is 2.10. The van der Waals surface area contributed by atoms with Crippen LogP contribution in [0.3, 0.4) is 0 Å². The van der Waals surface area contributed by atoms with Gasteiger partial charge in [-0.3, -0.25) is 9.48 Å². The molecule has 1 unspecified atom stereocenters. The molecule has 1 N–H and O–H groups in total. The Balaban J connectivity index is 2.04. The number of carbonyl (C=O) groups is 1. The van der Waals surface area contributed by atoms with Crippen LogP contribution in [-0.2, 0) is 16.4 Å². The van der Waals surface area contributed by atoms with Crippen LogP contribution in [0.1, 0.15) is 23.8 Å². The minimum Gasteiger partial charge on any atom is -0.312 e. The average molecular weight is 271 g/mol. The fourth-order valence-corrected chi connectivity index (χ4v) is 3.59. The zero-order valence-corrected chi connectivity index (χ0v) is 11.1. The van der Waals surface area contributed by atoms with E-state index in [9.17, 15) is 13.2 Å². The monoisotopic (exact) mass is 271 g/mol. The first-order valence-electron chi connectivity index (χ1n) is 6.00. The Bertz CT molecular complexity index is 535. The van der Waals surface area contributed by atoms with Gasteiger partial charge in [0.15, 0.2) is 15.6 Å². The lowest BCUT2D eigenvalue weighted by Crippen LogP contribution is -2.46. The molecule has 18 heavy (non-hydrogen) atoms. The maximum atomic E-state index is 12.1. The number of Topliss-reactive ketones (excluding diaryl/α,β-unsaturated/α-hetero) is 1. The predicted octanol–water partition coefficient (Wildman–Crippen LogP) is -0.138. The van der Waals surface area contributed by atoms with Crippen LogP contribution >= 0.6 is 0 Å². The lowest BCUT2D eigenvalue weighted by molar-refractivity contribution is 0.0961. The molecule has 1 aromatic rings. The predicted molar refractivity (Wildman–Crippen MR) is 67.3 cm³/mol. The number of aryl methyl sites for hydroxylation is 1. The number of nitrogens with one attached hydrogen (secondary N) is 1. The van der Waals surface area contributed by atoms with Gasteiger partial charge in [-0.05, 0) is 13.0 Å². The van der Waals surface area contributed by atoms with Crippen LogP contribution in [0.2, 0.25) is 0 Å². The van der Waals surface area contributed by atoms with Crippen LogP contribution in [0.4, 0.5) is 0 Å². The highest BCUT2D eigenvalue weighted by Gasteiger charge is 2.27. The van der Waals surface area contributed by atoms with Crippen LogP contribution in [0.15, 0.2) is 12.3 Å². The zero-order valence-electron chi connectivity index (χ0n) is 10.3. The second kappa shape index (κ2) is 5.19. The Morgan fingerprint density at radius 2 is 2.39 bits per heavy atom. The first-order chi connectivity index (χ1) is 8.52. The van der Waals surface area contributed by atoms with E-state index in [1.807, 2.05) is 6.92 Å². The standard InChI is InChI=1S/C11H17N3O3S/c1-2-14-10(3-4-13-14)11(15)7-9-8-18(16,17)6-5-12-9/h3-4,9,12H,2,5-8H2,1H3. The molecule has 1 saturated heterocycles. The van der Waals surface area contributed by atoms with E-state index in [0.29, 0.717) is 18.8 Å².